The minimum Gasteiger partial charge on any atom is -0.369 e. The number of halogens is 1. The summed E-state index contributed by atoms with van der Waals surface area (Å²) in [5.74, 6) is 0.540. The van der Waals surface area contributed by atoms with Crippen molar-refractivity contribution in [3.63, 3.8) is 0 Å². The first kappa shape index (κ1) is 17.2. The van der Waals surface area contributed by atoms with Crippen LogP contribution in [-0.4, -0.2) is 63.7 Å². The summed E-state index contributed by atoms with van der Waals surface area (Å²) in [5.41, 5.74) is 1.65. The molecule has 0 bridgehead atoms. The molecule has 0 saturated carbocycles. The van der Waals surface area contributed by atoms with E-state index < -0.39 is 0 Å². The molecule has 9 heteroatoms. The second-order valence-electron chi connectivity index (χ2n) is 6.38. The molecular weight excluding hydrogens is 349 g/mol. The zero-order valence-electron chi connectivity index (χ0n) is 14.7. The van der Waals surface area contributed by atoms with E-state index in [0.717, 1.165) is 24.2 Å². The summed E-state index contributed by atoms with van der Waals surface area (Å²) in [6.45, 7) is 3.30. The van der Waals surface area contributed by atoms with Crippen molar-refractivity contribution in [3.05, 3.63) is 42.6 Å². The van der Waals surface area contributed by atoms with Gasteiger partial charge >= 0.3 is 0 Å². The fraction of sp³-hybridized carbons (Fsp3) is 0.333. The van der Waals surface area contributed by atoms with Crippen molar-refractivity contribution in [1.29, 1.82) is 0 Å². The molecule has 2 N–H and O–H groups in total. The van der Waals surface area contributed by atoms with Crippen molar-refractivity contribution in [1.82, 2.24) is 25.1 Å². The van der Waals surface area contributed by atoms with Crippen LogP contribution in [0.2, 0.25) is 0 Å². The molecule has 0 aliphatic carbocycles. The third-order valence-electron chi connectivity index (χ3n) is 4.70. The maximum atomic E-state index is 13.0. The number of hydrogen-bond donors (Lipinski definition) is 2. The molecule has 1 amide bonds. The van der Waals surface area contributed by atoms with Gasteiger partial charge in [-0.25, -0.2) is 14.4 Å². The number of benzene rings is 1. The minimum atomic E-state index is -0.239. The highest BCUT2D eigenvalue weighted by Gasteiger charge is 2.21. The van der Waals surface area contributed by atoms with Crippen molar-refractivity contribution in [3.8, 4) is 0 Å². The topological polar surface area (TPSA) is 90.0 Å². The number of amides is 1. The number of nitrogens with zero attached hydrogens (tertiary/aromatic N) is 5. The van der Waals surface area contributed by atoms with Crippen molar-refractivity contribution in [2.24, 2.45) is 0 Å². The van der Waals surface area contributed by atoms with E-state index in [-0.39, 0.29) is 11.7 Å². The van der Waals surface area contributed by atoms with Crippen LogP contribution in [0, 0.1) is 5.82 Å². The smallest absolute Gasteiger partial charge is 0.224 e. The lowest BCUT2D eigenvalue weighted by Crippen LogP contribution is -2.49. The Labute approximate surface area is 155 Å². The van der Waals surface area contributed by atoms with Crippen molar-refractivity contribution >= 4 is 28.4 Å². The maximum Gasteiger partial charge on any atom is 0.224 e. The number of aromatic amines is 1. The van der Waals surface area contributed by atoms with Gasteiger partial charge in [-0.2, -0.15) is 5.10 Å². The predicted molar refractivity (Wildman–Crippen MR) is 100.0 cm³/mol. The van der Waals surface area contributed by atoms with Crippen LogP contribution < -0.4 is 10.2 Å². The van der Waals surface area contributed by atoms with E-state index in [0.29, 0.717) is 37.5 Å². The Balaban J connectivity index is 1.26. The zero-order chi connectivity index (χ0) is 18.6. The number of nitrogens with one attached hydrogen (secondary N) is 2. The molecule has 3 aromatic rings. The summed E-state index contributed by atoms with van der Waals surface area (Å²) in [6, 6.07) is 6.47. The molecule has 0 unspecified atom stereocenters. The van der Waals surface area contributed by atoms with Crippen LogP contribution in [-0.2, 0) is 4.79 Å². The predicted octanol–water partition coefficient (Wildman–Crippen LogP) is 1.64. The number of piperazine rings is 1. The maximum absolute atomic E-state index is 13.0. The molecule has 1 aliphatic rings. The summed E-state index contributed by atoms with van der Waals surface area (Å²) in [7, 11) is 0. The SMILES string of the molecule is O=C(CCNc1ncnc2[nH]ncc12)N1CCN(c2ccc(F)cc2)CC1. The molecular formula is C18H20FN7O. The number of anilines is 2. The summed E-state index contributed by atoms with van der Waals surface area (Å²) in [5, 5.41) is 10.7. The van der Waals surface area contributed by atoms with Gasteiger partial charge in [-0.05, 0) is 24.3 Å². The van der Waals surface area contributed by atoms with Crippen LogP contribution in [0.15, 0.2) is 36.8 Å². The number of carbonyl (C=O) groups excluding carboxylic acids is 1. The number of aromatic nitrogens is 4. The van der Waals surface area contributed by atoms with E-state index in [1.54, 1.807) is 18.3 Å². The summed E-state index contributed by atoms with van der Waals surface area (Å²) < 4.78 is 13.0. The van der Waals surface area contributed by atoms with Crippen molar-refractivity contribution in [2.75, 3.05) is 42.9 Å². The van der Waals surface area contributed by atoms with E-state index in [4.69, 9.17) is 0 Å². The largest absolute Gasteiger partial charge is 0.369 e. The third-order valence-corrected chi connectivity index (χ3v) is 4.70. The third kappa shape index (κ3) is 3.81. The van der Waals surface area contributed by atoms with Crippen LogP contribution in [0.1, 0.15) is 6.42 Å². The Hall–Kier alpha value is -3.23. The Bertz CT molecular complexity index is 919. The van der Waals surface area contributed by atoms with Gasteiger partial charge in [0.25, 0.3) is 0 Å². The number of H-pyrrole nitrogens is 1. The van der Waals surface area contributed by atoms with Crippen LogP contribution in [0.4, 0.5) is 15.9 Å². The molecule has 140 valence electrons. The number of carbonyl (C=O) groups is 1. The summed E-state index contributed by atoms with van der Waals surface area (Å²) in [4.78, 5) is 24.8. The van der Waals surface area contributed by atoms with Gasteiger partial charge in [-0.3, -0.25) is 9.89 Å². The molecule has 1 saturated heterocycles. The molecule has 4 rings (SSSR count). The lowest BCUT2D eigenvalue weighted by molar-refractivity contribution is -0.131. The van der Waals surface area contributed by atoms with E-state index in [1.807, 2.05) is 4.90 Å². The molecule has 0 spiro atoms. The van der Waals surface area contributed by atoms with Gasteiger partial charge in [0.15, 0.2) is 5.65 Å². The molecule has 0 atom stereocenters. The monoisotopic (exact) mass is 369 g/mol. The second kappa shape index (κ2) is 7.56. The average molecular weight is 369 g/mol. The summed E-state index contributed by atoms with van der Waals surface area (Å²) >= 11 is 0. The van der Waals surface area contributed by atoms with Gasteiger partial charge in [0.05, 0.1) is 11.6 Å². The normalized spacial score (nSPS) is 14.6. The number of rotatable bonds is 5. The second-order valence-corrected chi connectivity index (χ2v) is 6.38. The Morgan fingerprint density at radius 2 is 1.93 bits per heavy atom. The lowest BCUT2D eigenvalue weighted by atomic mass is 10.2. The molecule has 1 aromatic carbocycles. The highest BCUT2D eigenvalue weighted by molar-refractivity contribution is 5.85. The van der Waals surface area contributed by atoms with Crippen LogP contribution >= 0.6 is 0 Å². The molecule has 1 aliphatic heterocycles. The first-order chi connectivity index (χ1) is 13.2. The Morgan fingerprint density at radius 1 is 1.15 bits per heavy atom. The molecule has 2 aromatic heterocycles. The van der Waals surface area contributed by atoms with Crippen LogP contribution in [0.3, 0.4) is 0 Å². The fourth-order valence-corrected chi connectivity index (χ4v) is 3.22. The molecule has 8 nitrogen and oxygen atoms in total. The Morgan fingerprint density at radius 3 is 2.70 bits per heavy atom. The van der Waals surface area contributed by atoms with Crippen LogP contribution in [0.5, 0.6) is 0 Å². The van der Waals surface area contributed by atoms with Gasteiger partial charge in [0.1, 0.15) is 18.0 Å². The summed E-state index contributed by atoms with van der Waals surface area (Å²) in [6.07, 6.45) is 3.51. The fourth-order valence-electron chi connectivity index (χ4n) is 3.22. The van der Waals surface area contributed by atoms with E-state index in [1.165, 1.54) is 18.5 Å². The van der Waals surface area contributed by atoms with E-state index >= 15 is 0 Å². The molecule has 0 radical (unpaired) electrons. The average Bonchev–Trinajstić information content (AvgIpc) is 3.18. The first-order valence-corrected chi connectivity index (χ1v) is 8.87. The highest BCUT2D eigenvalue weighted by Crippen LogP contribution is 2.18. The van der Waals surface area contributed by atoms with Gasteiger partial charge < -0.3 is 15.1 Å². The zero-order valence-corrected chi connectivity index (χ0v) is 14.7. The van der Waals surface area contributed by atoms with E-state index in [9.17, 15) is 9.18 Å². The van der Waals surface area contributed by atoms with Gasteiger partial charge in [-0.15, -0.1) is 0 Å². The van der Waals surface area contributed by atoms with Crippen molar-refractivity contribution < 1.29 is 9.18 Å². The van der Waals surface area contributed by atoms with Crippen LogP contribution in [0.25, 0.3) is 11.0 Å². The van der Waals surface area contributed by atoms with E-state index in [2.05, 4.69) is 30.4 Å². The quantitative estimate of drug-likeness (QED) is 0.711. The lowest BCUT2D eigenvalue weighted by Gasteiger charge is -2.36. The standard InChI is InChI=1S/C18H20FN7O/c19-13-1-3-14(4-2-13)25-7-9-26(10-8-25)16(27)5-6-20-17-15-11-23-24-18(15)22-12-21-17/h1-4,11-12H,5-10H2,(H2,20,21,22,23,24). The van der Waals surface area contributed by atoms with Gasteiger partial charge in [0, 0.05) is 44.8 Å². The molecule has 27 heavy (non-hydrogen) atoms. The first-order valence-electron chi connectivity index (χ1n) is 8.87. The highest BCUT2D eigenvalue weighted by atomic mass is 19.1. The Kier molecular flexibility index (Phi) is 4.82. The number of hydrogen-bond acceptors (Lipinski definition) is 6. The molecule has 3 heterocycles. The van der Waals surface area contributed by atoms with Crippen molar-refractivity contribution in [2.45, 2.75) is 6.42 Å². The number of fused-ring (bicyclic) bond motifs is 1. The van der Waals surface area contributed by atoms with Gasteiger partial charge in [-0.1, -0.05) is 0 Å². The minimum absolute atomic E-state index is 0.110. The molecule has 1 fully saturated rings. The van der Waals surface area contributed by atoms with Gasteiger partial charge in [0.2, 0.25) is 5.91 Å².